The van der Waals surface area contributed by atoms with Gasteiger partial charge in [-0.15, -0.1) is 12.4 Å². The number of halogens is 1. The van der Waals surface area contributed by atoms with Crippen LogP contribution in [0.5, 0.6) is 0 Å². The minimum absolute atomic E-state index is 0. The number of carbonyl (C=O) groups excluding carboxylic acids is 1. The zero-order valence-corrected chi connectivity index (χ0v) is 14.8. The van der Waals surface area contributed by atoms with Crippen molar-refractivity contribution in [2.75, 3.05) is 12.0 Å². The minimum Gasteiger partial charge on any atom is -0.351 e. The Morgan fingerprint density at radius 2 is 2.17 bits per heavy atom. The van der Waals surface area contributed by atoms with Crippen LogP contribution in [-0.4, -0.2) is 33.7 Å². The summed E-state index contributed by atoms with van der Waals surface area (Å²) in [6.45, 7) is 1.22. The molecule has 0 aliphatic rings. The summed E-state index contributed by atoms with van der Waals surface area (Å²) in [4.78, 5) is 11.9. The molecule has 0 spiro atoms. The predicted molar refractivity (Wildman–Crippen MR) is 97.8 cm³/mol. The molecule has 0 fully saturated rings. The van der Waals surface area contributed by atoms with Crippen LogP contribution in [0.15, 0.2) is 42.7 Å². The van der Waals surface area contributed by atoms with Gasteiger partial charge in [0.2, 0.25) is 5.91 Å². The second-order valence-electron chi connectivity index (χ2n) is 5.13. The average Bonchev–Trinajstić information content (AvgIpc) is 3.03. The molecule has 0 radical (unpaired) electrons. The molecular formula is C16H23ClN4OS. The van der Waals surface area contributed by atoms with Gasteiger partial charge in [-0.2, -0.15) is 16.9 Å². The predicted octanol–water partition coefficient (Wildman–Crippen LogP) is 2.05. The number of hydrogen-bond donors (Lipinski definition) is 2. The lowest BCUT2D eigenvalue weighted by molar-refractivity contribution is -0.122. The first kappa shape index (κ1) is 19.5. The summed E-state index contributed by atoms with van der Waals surface area (Å²) in [5, 5.41) is 7.09. The Kier molecular flexibility index (Phi) is 8.76. The maximum absolute atomic E-state index is 11.9. The van der Waals surface area contributed by atoms with Crippen molar-refractivity contribution in [1.82, 2.24) is 15.1 Å². The number of rotatable bonds is 8. The number of carbonyl (C=O) groups is 1. The first-order chi connectivity index (χ1) is 10.7. The molecule has 1 amide bonds. The number of thioether (sulfide) groups is 1. The second-order valence-corrected chi connectivity index (χ2v) is 6.11. The van der Waals surface area contributed by atoms with E-state index in [0.29, 0.717) is 13.0 Å². The largest absolute Gasteiger partial charge is 0.351 e. The van der Waals surface area contributed by atoms with Crippen LogP contribution >= 0.6 is 24.2 Å². The van der Waals surface area contributed by atoms with Crippen LogP contribution in [-0.2, 0) is 17.9 Å². The Bertz CT molecular complexity index is 592. The normalized spacial score (nSPS) is 11.6. The van der Waals surface area contributed by atoms with Crippen molar-refractivity contribution in [3.05, 3.63) is 53.9 Å². The van der Waals surface area contributed by atoms with Crippen LogP contribution in [0.25, 0.3) is 0 Å². The number of aromatic nitrogens is 2. The molecule has 1 atom stereocenters. The van der Waals surface area contributed by atoms with E-state index in [1.54, 1.807) is 18.0 Å². The van der Waals surface area contributed by atoms with E-state index < -0.39 is 6.04 Å². The number of nitrogens with zero attached hydrogens (tertiary/aromatic N) is 2. The summed E-state index contributed by atoms with van der Waals surface area (Å²) in [5.41, 5.74) is 8.07. The fourth-order valence-corrected chi connectivity index (χ4v) is 2.60. The fraction of sp³-hybridized carbons (Fsp3) is 0.375. The van der Waals surface area contributed by atoms with E-state index in [9.17, 15) is 4.79 Å². The average molecular weight is 355 g/mol. The van der Waals surface area contributed by atoms with Crippen molar-refractivity contribution in [3.63, 3.8) is 0 Å². The molecule has 23 heavy (non-hydrogen) atoms. The van der Waals surface area contributed by atoms with Crippen LogP contribution < -0.4 is 11.1 Å². The number of benzene rings is 1. The SMILES string of the molecule is CSCCC(N)C(=O)NCc1cccc(Cn2cccn2)c1.Cl. The smallest absolute Gasteiger partial charge is 0.237 e. The van der Waals surface area contributed by atoms with Crippen molar-refractivity contribution < 1.29 is 4.79 Å². The van der Waals surface area contributed by atoms with E-state index in [0.717, 1.165) is 23.4 Å². The van der Waals surface area contributed by atoms with Gasteiger partial charge < -0.3 is 11.1 Å². The van der Waals surface area contributed by atoms with Crippen LogP contribution in [0.4, 0.5) is 0 Å². The minimum atomic E-state index is -0.431. The summed E-state index contributed by atoms with van der Waals surface area (Å²) in [6, 6.07) is 9.60. The quantitative estimate of drug-likeness (QED) is 0.761. The maximum atomic E-state index is 11.9. The van der Waals surface area contributed by atoms with E-state index in [1.165, 1.54) is 0 Å². The Labute approximate surface area is 147 Å². The Morgan fingerprint density at radius 1 is 1.39 bits per heavy atom. The molecule has 3 N–H and O–H groups in total. The zero-order chi connectivity index (χ0) is 15.8. The van der Waals surface area contributed by atoms with Gasteiger partial charge in [0.1, 0.15) is 0 Å². The van der Waals surface area contributed by atoms with Crippen LogP contribution in [0.2, 0.25) is 0 Å². The Morgan fingerprint density at radius 3 is 2.87 bits per heavy atom. The summed E-state index contributed by atoms with van der Waals surface area (Å²) in [5.74, 6) is 0.806. The van der Waals surface area contributed by atoms with E-state index >= 15 is 0 Å². The van der Waals surface area contributed by atoms with E-state index in [2.05, 4.69) is 22.5 Å². The third-order valence-corrected chi connectivity index (χ3v) is 3.98. The summed E-state index contributed by atoms with van der Waals surface area (Å²) < 4.78 is 1.87. The highest BCUT2D eigenvalue weighted by Gasteiger charge is 2.12. The molecule has 2 rings (SSSR count). The van der Waals surface area contributed by atoms with Gasteiger partial charge in [0.05, 0.1) is 12.6 Å². The molecule has 126 valence electrons. The summed E-state index contributed by atoms with van der Waals surface area (Å²) >= 11 is 1.70. The Hall–Kier alpha value is -1.50. The number of amides is 1. The van der Waals surface area contributed by atoms with Gasteiger partial charge in [-0.05, 0) is 35.6 Å². The molecule has 1 heterocycles. The van der Waals surface area contributed by atoms with Crippen molar-refractivity contribution in [2.24, 2.45) is 5.73 Å². The molecular weight excluding hydrogens is 332 g/mol. The molecule has 0 aliphatic heterocycles. The van der Waals surface area contributed by atoms with Gasteiger partial charge in [-0.1, -0.05) is 24.3 Å². The Balaban J connectivity index is 0.00000264. The van der Waals surface area contributed by atoms with Crippen LogP contribution in [0, 0.1) is 0 Å². The van der Waals surface area contributed by atoms with E-state index in [1.807, 2.05) is 35.3 Å². The standard InChI is InChI=1S/C16H22N4OS.ClH/c1-22-9-6-15(17)16(21)18-11-13-4-2-5-14(10-13)12-20-8-3-7-19-20;/h2-5,7-8,10,15H,6,9,11-12,17H2,1H3,(H,18,21);1H. The molecule has 1 unspecified atom stereocenters. The zero-order valence-electron chi connectivity index (χ0n) is 13.1. The fourth-order valence-electron chi connectivity index (χ4n) is 2.12. The highest BCUT2D eigenvalue weighted by Crippen LogP contribution is 2.07. The molecule has 0 saturated heterocycles. The van der Waals surface area contributed by atoms with Gasteiger partial charge in [-0.3, -0.25) is 9.48 Å². The highest BCUT2D eigenvalue weighted by atomic mass is 35.5. The van der Waals surface area contributed by atoms with Gasteiger partial charge in [0.15, 0.2) is 0 Å². The molecule has 0 aliphatic carbocycles. The molecule has 0 bridgehead atoms. The first-order valence-electron chi connectivity index (χ1n) is 7.26. The van der Waals surface area contributed by atoms with Gasteiger partial charge in [0.25, 0.3) is 0 Å². The van der Waals surface area contributed by atoms with Crippen molar-refractivity contribution in [3.8, 4) is 0 Å². The summed E-state index contributed by atoms with van der Waals surface area (Å²) in [6.07, 6.45) is 6.40. The van der Waals surface area contributed by atoms with Gasteiger partial charge >= 0.3 is 0 Å². The van der Waals surface area contributed by atoms with Gasteiger partial charge in [0, 0.05) is 18.9 Å². The lowest BCUT2D eigenvalue weighted by atomic mass is 10.1. The topological polar surface area (TPSA) is 72.9 Å². The van der Waals surface area contributed by atoms with E-state index in [4.69, 9.17) is 5.73 Å². The lowest BCUT2D eigenvalue weighted by Gasteiger charge is -2.12. The second kappa shape index (κ2) is 10.3. The monoisotopic (exact) mass is 354 g/mol. The number of nitrogens with one attached hydrogen (secondary N) is 1. The first-order valence-corrected chi connectivity index (χ1v) is 8.66. The van der Waals surface area contributed by atoms with Crippen LogP contribution in [0.1, 0.15) is 17.5 Å². The molecule has 7 heteroatoms. The lowest BCUT2D eigenvalue weighted by Crippen LogP contribution is -2.40. The van der Waals surface area contributed by atoms with Crippen molar-refractivity contribution in [1.29, 1.82) is 0 Å². The number of nitrogens with two attached hydrogens (primary N) is 1. The molecule has 5 nitrogen and oxygen atoms in total. The molecule has 0 saturated carbocycles. The molecule has 1 aromatic carbocycles. The van der Waals surface area contributed by atoms with Crippen molar-refractivity contribution in [2.45, 2.75) is 25.6 Å². The van der Waals surface area contributed by atoms with E-state index in [-0.39, 0.29) is 18.3 Å². The summed E-state index contributed by atoms with van der Waals surface area (Å²) in [7, 11) is 0. The van der Waals surface area contributed by atoms with Crippen molar-refractivity contribution >= 4 is 30.1 Å². The maximum Gasteiger partial charge on any atom is 0.237 e. The highest BCUT2D eigenvalue weighted by molar-refractivity contribution is 7.98. The molecule has 2 aromatic rings. The third kappa shape index (κ3) is 6.64. The van der Waals surface area contributed by atoms with Crippen LogP contribution in [0.3, 0.4) is 0 Å². The molecule has 1 aromatic heterocycles. The van der Waals surface area contributed by atoms with Gasteiger partial charge in [-0.25, -0.2) is 0 Å². The number of hydrogen-bond acceptors (Lipinski definition) is 4. The third-order valence-electron chi connectivity index (χ3n) is 3.33.